The molecule has 3 nitrogen and oxygen atoms in total. The Morgan fingerprint density at radius 2 is 2.05 bits per heavy atom. The fourth-order valence-corrected chi connectivity index (χ4v) is 3.53. The van der Waals surface area contributed by atoms with Crippen molar-refractivity contribution in [2.45, 2.75) is 25.4 Å². The van der Waals surface area contributed by atoms with Crippen LogP contribution in [0.5, 0.6) is 5.75 Å². The van der Waals surface area contributed by atoms with Crippen molar-refractivity contribution in [2.24, 2.45) is 5.73 Å². The number of nitrogens with two attached hydrogens (primary N) is 1. The average Bonchev–Trinajstić information content (AvgIpc) is 2.96. The summed E-state index contributed by atoms with van der Waals surface area (Å²) in [6.45, 7) is 2.47. The van der Waals surface area contributed by atoms with Gasteiger partial charge in [-0.25, -0.2) is 0 Å². The Hall–Kier alpha value is -1.36. The number of para-hydroxylation sites is 1. The fraction of sp³-hybridized carbons (Fsp3) is 0.375. The van der Waals surface area contributed by atoms with E-state index in [9.17, 15) is 5.11 Å². The highest BCUT2D eigenvalue weighted by Gasteiger charge is 2.26. The van der Waals surface area contributed by atoms with E-state index in [4.69, 9.17) is 10.5 Å². The summed E-state index contributed by atoms with van der Waals surface area (Å²) in [4.78, 5) is 1.01. The number of rotatable bonds is 6. The number of hydrogen-bond donors (Lipinski definition) is 2. The van der Waals surface area contributed by atoms with E-state index in [1.165, 1.54) is 5.56 Å². The summed E-state index contributed by atoms with van der Waals surface area (Å²) in [5.74, 6) is 0.617. The maximum atomic E-state index is 10.7. The lowest BCUT2D eigenvalue weighted by molar-refractivity contribution is 0.149. The smallest absolute Gasteiger partial charge is 0.122 e. The van der Waals surface area contributed by atoms with E-state index in [2.05, 4.69) is 13.0 Å². The van der Waals surface area contributed by atoms with Crippen molar-refractivity contribution in [3.05, 3.63) is 51.7 Å². The summed E-state index contributed by atoms with van der Waals surface area (Å²) in [7, 11) is 1.64. The van der Waals surface area contributed by atoms with Gasteiger partial charge in [-0.2, -0.15) is 0 Å². The van der Waals surface area contributed by atoms with Crippen LogP contribution >= 0.6 is 11.3 Å². The summed E-state index contributed by atoms with van der Waals surface area (Å²) in [6, 6.07) is 9.81. The Morgan fingerprint density at radius 3 is 2.70 bits per heavy atom. The Labute approximate surface area is 124 Å². The molecule has 1 heterocycles. The van der Waals surface area contributed by atoms with Crippen LogP contribution in [0, 0.1) is 0 Å². The minimum Gasteiger partial charge on any atom is -0.496 e. The van der Waals surface area contributed by atoms with E-state index >= 15 is 0 Å². The molecule has 108 valence electrons. The van der Waals surface area contributed by atoms with Crippen LogP contribution in [0.25, 0.3) is 0 Å². The largest absolute Gasteiger partial charge is 0.496 e. The zero-order valence-electron chi connectivity index (χ0n) is 11.9. The standard InChI is InChI=1S/C16H21NO2S/c1-3-11-8-9-20-16(11)15(18)13(10-17)12-6-4-5-7-14(12)19-2/h4-9,13,15,18H,3,10,17H2,1-2H3. The molecule has 0 aliphatic rings. The Kier molecular flexibility index (Phi) is 5.17. The second kappa shape index (κ2) is 6.88. The van der Waals surface area contributed by atoms with Crippen LogP contribution in [-0.4, -0.2) is 18.8 Å². The van der Waals surface area contributed by atoms with Crippen molar-refractivity contribution in [1.82, 2.24) is 0 Å². The SMILES string of the molecule is CCc1ccsc1C(O)C(CN)c1ccccc1OC. The third-order valence-corrected chi connectivity index (χ3v) is 4.63. The highest BCUT2D eigenvalue weighted by atomic mass is 32.1. The van der Waals surface area contributed by atoms with E-state index < -0.39 is 6.10 Å². The summed E-state index contributed by atoms with van der Waals surface area (Å²) < 4.78 is 5.39. The number of hydrogen-bond acceptors (Lipinski definition) is 4. The molecule has 0 saturated heterocycles. The molecule has 4 heteroatoms. The van der Waals surface area contributed by atoms with E-state index in [1.807, 2.05) is 29.6 Å². The van der Waals surface area contributed by atoms with Crippen molar-refractivity contribution >= 4 is 11.3 Å². The number of aryl methyl sites for hydroxylation is 1. The molecule has 0 aliphatic heterocycles. The molecule has 0 saturated carbocycles. The Balaban J connectivity index is 2.37. The highest BCUT2D eigenvalue weighted by molar-refractivity contribution is 7.10. The van der Waals surface area contributed by atoms with Gasteiger partial charge in [0.2, 0.25) is 0 Å². The predicted octanol–water partition coefficient (Wildman–Crippen LogP) is 3.10. The topological polar surface area (TPSA) is 55.5 Å². The molecule has 2 rings (SSSR count). The third kappa shape index (κ3) is 2.87. The van der Waals surface area contributed by atoms with Crippen molar-refractivity contribution < 1.29 is 9.84 Å². The van der Waals surface area contributed by atoms with E-state index in [-0.39, 0.29) is 5.92 Å². The molecule has 0 fully saturated rings. The van der Waals surface area contributed by atoms with Gasteiger partial charge in [0, 0.05) is 22.9 Å². The van der Waals surface area contributed by atoms with Gasteiger partial charge in [-0.1, -0.05) is 25.1 Å². The van der Waals surface area contributed by atoms with Crippen LogP contribution in [0.2, 0.25) is 0 Å². The molecular formula is C16H21NO2S. The van der Waals surface area contributed by atoms with Gasteiger partial charge in [-0.15, -0.1) is 11.3 Å². The summed E-state index contributed by atoms with van der Waals surface area (Å²) in [5, 5.41) is 12.8. The van der Waals surface area contributed by atoms with Gasteiger partial charge in [0.15, 0.2) is 0 Å². The van der Waals surface area contributed by atoms with Gasteiger partial charge in [-0.05, 0) is 29.5 Å². The number of ether oxygens (including phenoxy) is 1. The maximum absolute atomic E-state index is 10.7. The number of aliphatic hydroxyl groups excluding tert-OH is 1. The number of methoxy groups -OCH3 is 1. The summed E-state index contributed by atoms with van der Waals surface area (Å²) in [5.41, 5.74) is 8.07. The van der Waals surface area contributed by atoms with Gasteiger partial charge in [0.25, 0.3) is 0 Å². The molecule has 0 spiro atoms. The lowest BCUT2D eigenvalue weighted by atomic mass is 9.90. The Bertz CT molecular complexity index is 553. The van der Waals surface area contributed by atoms with Crippen LogP contribution in [-0.2, 0) is 6.42 Å². The van der Waals surface area contributed by atoms with Crippen LogP contribution in [0.15, 0.2) is 35.7 Å². The van der Waals surface area contributed by atoms with E-state index in [0.717, 1.165) is 22.6 Å². The molecule has 2 atom stereocenters. The fourth-order valence-electron chi connectivity index (χ4n) is 2.48. The normalized spacial score (nSPS) is 14.0. The van der Waals surface area contributed by atoms with Crippen molar-refractivity contribution in [3.8, 4) is 5.75 Å². The Morgan fingerprint density at radius 1 is 1.30 bits per heavy atom. The van der Waals surface area contributed by atoms with Gasteiger partial charge in [0.1, 0.15) is 5.75 Å². The first-order valence-corrected chi connectivity index (χ1v) is 7.68. The number of benzene rings is 1. The van der Waals surface area contributed by atoms with Crippen molar-refractivity contribution in [3.63, 3.8) is 0 Å². The van der Waals surface area contributed by atoms with Gasteiger partial charge in [0.05, 0.1) is 13.2 Å². The second-order valence-electron chi connectivity index (χ2n) is 4.69. The van der Waals surface area contributed by atoms with Crippen LogP contribution in [0.4, 0.5) is 0 Å². The first-order chi connectivity index (χ1) is 9.72. The van der Waals surface area contributed by atoms with Crippen LogP contribution < -0.4 is 10.5 Å². The van der Waals surface area contributed by atoms with E-state index in [1.54, 1.807) is 18.4 Å². The number of aliphatic hydroxyl groups is 1. The zero-order chi connectivity index (χ0) is 14.5. The molecule has 0 aliphatic carbocycles. The molecular weight excluding hydrogens is 270 g/mol. The minimum absolute atomic E-state index is 0.157. The van der Waals surface area contributed by atoms with Gasteiger partial charge in [-0.3, -0.25) is 0 Å². The van der Waals surface area contributed by atoms with E-state index in [0.29, 0.717) is 6.54 Å². The molecule has 3 N–H and O–H groups in total. The average molecular weight is 291 g/mol. The molecule has 1 aromatic heterocycles. The molecule has 20 heavy (non-hydrogen) atoms. The molecule has 0 amide bonds. The quantitative estimate of drug-likeness (QED) is 0.860. The van der Waals surface area contributed by atoms with Crippen molar-refractivity contribution in [2.75, 3.05) is 13.7 Å². The number of thiophene rings is 1. The van der Waals surface area contributed by atoms with Crippen molar-refractivity contribution in [1.29, 1.82) is 0 Å². The second-order valence-corrected chi connectivity index (χ2v) is 5.64. The third-order valence-electron chi connectivity index (χ3n) is 3.60. The molecule has 2 aromatic rings. The lowest BCUT2D eigenvalue weighted by Gasteiger charge is -2.23. The summed E-state index contributed by atoms with van der Waals surface area (Å²) >= 11 is 1.59. The summed E-state index contributed by atoms with van der Waals surface area (Å²) in [6.07, 6.45) is 0.324. The first kappa shape index (κ1) is 15.0. The lowest BCUT2D eigenvalue weighted by Crippen LogP contribution is -2.20. The molecule has 2 unspecified atom stereocenters. The molecule has 1 aromatic carbocycles. The van der Waals surface area contributed by atoms with Crippen LogP contribution in [0.3, 0.4) is 0 Å². The maximum Gasteiger partial charge on any atom is 0.122 e. The first-order valence-electron chi connectivity index (χ1n) is 6.80. The monoisotopic (exact) mass is 291 g/mol. The molecule has 0 radical (unpaired) electrons. The zero-order valence-corrected chi connectivity index (χ0v) is 12.7. The highest BCUT2D eigenvalue weighted by Crippen LogP contribution is 2.38. The van der Waals surface area contributed by atoms with Gasteiger partial charge < -0.3 is 15.6 Å². The van der Waals surface area contributed by atoms with Gasteiger partial charge >= 0.3 is 0 Å². The minimum atomic E-state index is -0.591. The molecule has 0 bridgehead atoms. The predicted molar refractivity (Wildman–Crippen MR) is 83.4 cm³/mol. The van der Waals surface area contributed by atoms with Crippen LogP contribution in [0.1, 0.15) is 34.9 Å².